The summed E-state index contributed by atoms with van der Waals surface area (Å²) in [5.41, 5.74) is 2.32. The topological polar surface area (TPSA) is 111 Å². The number of amides is 1. The van der Waals surface area contributed by atoms with Crippen LogP contribution in [0.3, 0.4) is 0 Å². The maximum atomic E-state index is 12.9. The van der Waals surface area contributed by atoms with E-state index in [4.69, 9.17) is 9.47 Å². The Kier molecular flexibility index (Phi) is 6.21. The standard InChI is InChI=1S/C24H23N5O4/c1-15-6-4-7-16(12-15)14-29-11-5-8-19(23(29)31)22(30)26-24-25-21(27-28-24)18-10-9-17(32-2)13-20(18)33-3/h4-13H,14H2,1-3H3,(H2,25,26,27,28,30). The number of benzene rings is 2. The first-order valence-electron chi connectivity index (χ1n) is 10.2. The smallest absolute Gasteiger partial charge is 0.263 e. The zero-order chi connectivity index (χ0) is 23.4. The molecule has 0 aliphatic carbocycles. The van der Waals surface area contributed by atoms with E-state index in [0.29, 0.717) is 29.4 Å². The summed E-state index contributed by atoms with van der Waals surface area (Å²) >= 11 is 0. The van der Waals surface area contributed by atoms with Gasteiger partial charge in [0.2, 0.25) is 5.95 Å². The summed E-state index contributed by atoms with van der Waals surface area (Å²) < 4.78 is 12.1. The summed E-state index contributed by atoms with van der Waals surface area (Å²) in [5.74, 6) is 1.02. The molecule has 0 radical (unpaired) electrons. The van der Waals surface area contributed by atoms with Crippen molar-refractivity contribution in [3.8, 4) is 22.9 Å². The Balaban J connectivity index is 1.54. The molecule has 1 amide bonds. The molecule has 2 aromatic heterocycles. The van der Waals surface area contributed by atoms with Crippen molar-refractivity contribution < 1.29 is 14.3 Å². The summed E-state index contributed by atoms with van der Waals surface area (Å²) in [4.78, 5) is 30.0. The first-order valence-corrected chi connectivity index (χ1v) is 10.2. The second-order valence-corrected chi connectivity index (χ2v) is 7.37. The Morgan fingerprint density at radius 2 is 1.94 bits per heavy atom. The number of pyridine rings is 1. The number of H-pyrrole nitrogens is 1. The van der Waals surface area contributed by atoms with Crippen molar-refractivity contribution in [3.63, 3.8) is 0 Å². The maximum absolute atomic E-state index is 12.9. The summed E-state index contributed by atoms with van der Waals surface area (Å²) in [7, 11) is 3.10. The summed E-state index contributed by atoms with van der Waals surface area (Å²) in [5, 5.41) is 9.40. The molecule has 0 bridgehead atoms. The van der Waals surface area contributed by atoms with Crippen molar-refractivity contribution in [1.82, 2.24) is 19.7 Å². The molecule has 4 rings (SSSR count). The molecule has 0 aliphatic rings. The number of hydrogen-bond donors (Lipinski definition) is 2. The predicted octanol–water partition coefficient (Wildman–Crippen LogP) is 3.26. The third-order valence-electron chi connectivity index (χ3n) is 5.07. The van der Waals surface area contributed by atoms with Crippen LogP contribution in [0.15, 0.2) is 65.6 Å². The van der Waals surface area contributed by atoms with Gasteiger partial charge in [0, 0.05) is 12.3 Å². The van der Waals surface area contributed by atoms with Crippen molar-refractivity contribution in [3.05, 3.63) is 87.8 Å². The Morgan fingerprint density at radius 3 is 2.70 bits per heavy atom. The van der Waals surface area contributed by atoms with Gasteiger partial charge in [-0.05, 0) is 36.8 Å². The van der Waals surface area contributed by atoms with E-state index in [0.717, 1.165) is 11.1 Å². The van der Waals surface area contributed by atoms with Crippen molar-refractivity contribution in [2.45, 2.75) is 13.5 Å². The lowest BCUT2D eigenvalue weighted by Crippen LogP contribution is -2.29. The van der Waals surface area contributed by atoms with Gasteiger partial charge in [-0.3, -0.25) is 20.0 Å². The zero-order valence-corrected chi connectivity index (χ0v) is 18.5. The van der Waals surface area contributed by atoms with E-state index in [-0.39, 0.29) is 11.5 Å². The first-order chi connectivity index (χ1) is 16.0. The average molecular weight is 445 g/mol. The van der Waals surface area contributed by atoms with Crippen LogP contribution in [-0.2, 0) is 6.54 Å². The van der Waals surface area contributed by atoms with Crippen LogP contribution in [0.1, 0.15) is 21.5 Å². The maximum Gasteiger partial charge on any atom is 0.263 e. The van der Waals surface area contributed by atoms with E-state index in [1.54, 1.807) is 37.6 Å². The van der Waals surface area contributed by atoms with Crippen LogP contribution in [-0.4, -0.2) is 39.9 Å². The lowest BCUT2D eigenvalue weighted by Gasteiger charge is -2.09. The molecular weight excluding hydrogens is 422 g/mol. The van der Waals surface area contributed by atoms with E-state index in [1.807, 2.05) is 31.2 Å². The van der Waals surface area contributed by atoms with Gasteiger partial charge in [0.25, 0.3) is 11.5 Å². The molecule has 168 valence electrons. The van der Waals surface area contributed by atoms with Crippen LogP contribution in [0.2, 0.25) is 0 Å². The number of aryl methyl sites for hydroxylation is 1. The number of carbonyl (C=O) groups is 1. The van der Waals surface area contributed by atoms with Crippen LogP contribution in [0.25, 0.3) is 11.4 Å². The minimum atomic E-state index is -0.592. The number of aromatic nitrogens is 4. The Morgan fingerprint density at radius 1 is 1.09 bits per heavy atom. The lowest BCUT2D eigenvalue weighted by atomic mass is 10.1. The van der Waals surface area contributed by atoms with Crippen LogP contribution >= 0.6 is 0 Å². The third-order valence-corrected chi connectivity index (χ3v) is 5.07. The van der Waals surface area contributed by atoms with Gasteiger partial charge in [0.15, 0.2) is 5.82 Å². The number of rotatable bonds is 7. The van der Waals surface area contributed by atoms with Gasteiger partial charge in [0.05, 0.1) is 26.3 Å². The van der Waals surface area contributed by atoms with Crippen LogP contribution in [0.4, 0.5) is 5.95 Å². The van der Waals surface area contributed by atoms with E-state index < -0.39 is 11.5 Å². The van der Waals surface area contributed by atoms with Gasteiger partial charge in [0.1, 0.15) is 17.1 Å². The molecule has 0 atom stereocenters. The number of anilines is 1. The number of nitrogens with one attached hydrogen (secondary N) is 2. The van der Waals surface area contributed by atoms with Crippen LogP contribution in [0.5, 0.6) is 11.5 Å². The molecular formula is C24H23N5O4. The fourth-order valence-electron chi connectivity index (χ4n) is 3.44. The second kappa shape index (κ2) is 9.39. The number of ether oxygens (including phenoxy) is 2. The molecule has 0 saturated heterocycles. The average Bonchev–Trinajstić information content (AvgIpc) is 3.28. The SMILES string of the molecule is COc1ccc(-c2nc(NC(=O)c3cccn(Cc4cccc(C)c4)c3=O)n[nH]2)c(OC)c1. The highest BCUT2D eigenvalue weighted by atomic mass is 16.5. The van der Waals surface area contributed by atoms with E-state index >= 15 is 0 Å². The largest absolute Gasteiger partial charge is 0.497 e. The molecule has 9 nitrogen and oxygen atoms in total. The zero-order valence-electron chi connectivity index (χ0n) is 18.5. The van der Waals surface area contributed by atoms with Crippen molar-refractivity contribution in [1.29, 1.82) is 0 Å². The molecule has 9 heteroatoms. The molecule has 0 fully saturated rings. The Hall–Kier alpha value is -4.40. The molecule has 0 saturated carbocycles. The van der Waals surface area contributed by atoms with E-state index in [2.05, 4.69) is 20.5 Å². The molecule has 2 heterocycles. The third kappa shape index (κ3) is 4.77. The molecule has 4 aromatic rings. The normalized spacial score (nSPS) is 10.6. The molecule has 0 aliphatic heterocycles. The monoisotopic (exact) mass is 445 g/mol. The lowest BCUT2D eigenvalue weighted by molar-refractivity contribution is 0.102. The van der Waals surface area contributed by atoms with Gasteiger partial charge < -0.3 is 14.0 Å². The first kappa shape index (κ1) is 21.8. The number of aromatic amines is 1. The highest BCUT2D eigenvalue weighted by Crippen LogP contribution is 2.31. The highest BCUT2D eigenvalue weighted by molar-refractivity contribution is 6.03. The van der Waals surface area contributed by atoms with Crippen molar-refractivity contribution in [2.24, 2.45) is 0 Å². The van der Waals surface area contributed by atoms with Crippen molar-refractivity contribution in [2.75, 3.05) is 19.5 Å². The second-order valence-electron chi connectivity index (χ2n) is 7.37. The predicted molar refractivity (Wildman–Crippen MR) is 124 cm³/mol. The van der Waals surface area contributed by atoms with Gasteiger partial charge in [-0.2, -0.15) is 4.98 Å². The fraction of sp³-hybridized carbons (Fsp3) is 0.167. The minimum absolute atomic E-state index is 0.00136. The number of methoxy groups -OCH3 is 2. The highest BCUT2D eigenvalue weighted by Gasteiger charge is 2.17. The molecule has 2 N–H and O–H groups in total. The molecule has 33 heavy (non-hydrogen) atoms. The number of hydrogen-bond acceptors (Lipinski definition) is 6. The molecule has 0 spiro atoms. The number of carbonyl (C=O) groups excluding carboxylic acids is 1. The number of nitrogens with zero attached hydrogens (tertiary/aromatic N) is 3. The minimum Gasteiger partial charge on any atom is -0.497 e. The van der Waals surface area contributed by atoms with Gasteiger partial charge in [-0.15, -0.1) is 5.10 Å². The molecule has 2 aromatic carbocycles. The van der Waals surface area contributed by atoms with Crippen LogP contribution in [0, 0.1) is 6.92 Å². The van der Waals surface area contributed by atoms with E-state index in [1.165, 1.54) is 17.7 Å². The summed E-state index contributed by atoms with van der Waals surface area (Å²) in [6, 6.07) is 16.3. The van der Waals surface area contributed by atoms with Gasteiger partial charge in [-0.1, -0.05) is 29.8 Å². The quantitative estimate of drug-likeness (QED) is 0.452. The van der Waals surface area contributed by atoms with Crippen molar-refractivity contribution >= 4 is 11.9 Å². The summed E-state index contributed by atoms with van der Waals surface area (Å²) in [6.45, 7) is 2.35. The Labute approximate surface area is 190 Å². The Bertz CT molecular complexity index is 1360. The van der Waals surface area contributed by atoms with Gasteiger partial charge in [-0.25, -0.2) is 0 Å². The summed E-state index contributed by atoms with van der Waals surface area (Å²) in [6.07, 6.45) is 1.66. The molecule has 0 unspecified atom stereocenters. The van der Waals surface area contributed by atoms with Crippen LogP contribution < -0.4 is 20.3 Å². The fourth-order valence-corrected chi connectivity index (χ4v) is 3.44. The van der Waals surface area contributed by atoms with Gasteiger partial charge >= 0.3 is 0 Å². The van der Waals surface area contributed by atoms with E-state index in [9.17, 15) is 9.59 Å².